The first-order valence-electron chi connectivity index (χ1n) is 9.86. The number of nitrogen functional groups attached to an aromatic ring is 1. The van der Waals surface area contributed by atoms with Gasteiger partial charge < -0.3 is 15.5 Å². The van der Waals surface area contributed by atoms with Crippen molar-refractivity contribution in [2.75, 3.05) is 11.1 Å². The average molecular weight is 404 g/mol. The van der Waals surface area contributed by atoms with E-state index in [1.165, 1.54) is 23.3 Å². The lowest BCUT2D eigenvalue weighted by Gasteiger charge is -2.12. The number of benzene rings is 1. The second-order valence-corrected chi connectivity index (χ2v) is 8.29. The molecule has 29 heavy (non-hydrogen) atoms. The Morgan fingerprint density at radius 3 is 2.69 bits per heavy atom. The Kier molecular flexibility index (Phi) is 4.56. The van der Waals surface area contributed by atoms with Gasteiger partial charge in [0.1, 0.15) is 15.5 Å². The predicted octanol–water partition coefficient (Wildman–Crippen LogP) is 5.66. The van der Waals surface area contributed by atoms with Crippen molar-refractivity contribution in [3.8, 4) is 11.3 Å². The summed E-state index contributed by atoms with van der Waals surface area (Å²) in [5, 5.41) is 3.77. The molecule has 6 heteroatoms. The van der Waals surface area contributed by atoms with Gasteiger partial charge in [-0.25, -0.2) is 4.98 Å². The molecule has 146 valence electrons. The van der Waals surface area contributed by atoms with E-state index in [1.807, 2.05) is 42.5 Å². The molecule has 1 aliphatic carbocycles. The largest absolute Gasteiger partial charge is 0.464 e. The molecule has 0 spiro atoms. The highest BCUT2D eigenvalue weighted by Crippen LogP contribution is 2.43. The van der Waals surface area contributed by atoms with Gasteiger partial charge in [-0.2, -0.15) is 0 Å². The van der Waals surface area contributed by atoms with Gasteiger partial charge in [-0.1, -0.05) is 24.6 Å². The van der Waals surface area contributed by atoms with Gasteiger partial charge in [-0.3, -0.25) is 4.79 Å². The number of hydrogen-bond acceptors (Lipinski definition) is 5. The maximum Gasteiger partial charge on any atom is 0.267 e. The number of rotatable bonds is 3. The van der Waals surface area contributed by atoms with Crippen LogP contribution in [0.4, 0.5) is 11.4 Å². The maximum absolute atomic E-state index is 12.9. The molecule has 0 aliphatic heterocycles. The molecule has 5 rings (SSSR count). The van der Waals surface area contributed by atoms with Crippen LogP contribution in [0.1, 0.15) is 40.2 Å². The van der Waals surface area contributed by atoms with E-state index in [-0.39, 0.29) is 5.91 Å². The van der Waals surface area contributed by atoms with Crippen LogP contribution < -0.4 is 11.1 Å². The highest BCUT2D eigenvalue weighted by Gasteiger charge is 2.26. The lowest BCUT2D eigenvalue weighted by Crippen LogP contribution is -2.11. The number of nitrogens with one attached hydrogen (secondary N) is 1. The van der Waals surface area contributed by atoms with Crippen LogP contribution >= 0.6 is 11.3 Å². The molecule has 1 amide bonds. The third-order valence-corrected chi connectivity index (χ3v) is 6.51. The summed E-state index contributed by atoms with van der Waals surface area (Å²) in [5.41, 5.74) is 11.1. The van der Waals surface area contributed by atoms with Gasteiger partial charge in [0.25, 0.3) is 5.91 Å². The van der Waals surface area contributed by atoms with Gasteiger partial charge in [0.15, 0.2) is 0 Å². The van der Waals surface area contributed by atoms with E-state index in [2.05, 4.69) is 5.32 Å². The van der Waals surface area contributed by atoms with Crippen LogP contribution in [0.25, 0.3) is 21.5 Å². The molecule has 3 heterocycles. The van der Waals surface area contributed by atoms with Crippen LogP contribution in [0, 0.1) is 0 Å². The number of nitrogens with two attached hydrogens (primary N) is 1. The number of aryl methyl sites for hydroxylation is 1. The maximum atomic E-state index is 12.9. The average Bonchev–Trinajstić information content (AvgIpc) is 3.30. The Hall–Kier alpha value is -3.12. The van der Waals surface area contributed by atoms with E-state index in [9.17, 15) is 4.79 Å². The molecule has 0 saturated carbocycles. The highest BCUT2D eigenvalue weighted by atomic mass is 32.1. The summed E-state index contributed by atoms with van der Waals surface area (Å²) in [4.78, 5) is 19.2. The molecule has 1 aromatic carbocycles. The minimum atomic E-state index is -0.211. The van der Waals surface area contributed by atoms with Crippen molar-refractivity contribution in [2.24, 2.45) is 0 Å². The topological polar surface area (TPSA) is 81.2 Å². The summed E-state index contributed by atoms with van der Waals surface area (Å²) in [6.07, 6.45) is 7.03. The molecule has 4 aromatic rings. The van der Waals surface area contributed by atoms with Crippen LogP contribution in [0.15, 0.2) is 53.1 Å². The van der Waals surface area contributed by atoms with Crippen LogP contribution in [-0.2, 0) is 12.8 Å². The Morgan fingerprint density at radius 1 is 1.07 bits per heavy atom. The Labute approximate surface area is 172 Å². The number of anilines is 2. The number of pyridine rings is 1. The lowest BCUT2D eigenvalue weighted by molar-refractivity contribution is 0.103. The van der Waals surface area contributed by atoms with Gasteiger partial charge in [-0.15, -0.1) is 11.3 Å². The van der Waals surface area contributed by atoms with Crippen LogP contribution in [-0.4, -0.2) is 10.9 Å². The second-order valence-electron chi connectivity index (χ2n) is 7.30. The molecule has 0 fully saturated rings. The SMILES string of the molecule is Nc1c(C(=O)Nc2ccccc2)sc2nc3c(c(-c4ccco4)c12)CCCCC3. The minimum absolute atomic E-state index is 0.211. The molecule has 0 saturated heterocycles. The number of carbonyl (C=O) groups is 1. The number of amides is 1. The van der Waals surface area contributed by atoms with Crippen molar-refractivity contribution in [2.45, 2.75) is 32.1 Å². The molecule has 0 atom stereocenters. The van der Waals surface area contributed by atoms with E-state index in [4.69, 9.17) is 15.1 Å². The van der Waals surface area contributed by atoms with Crippen LogP contribution in [0.3, 0.4) is 0 Å². The highest BCUT2D eigenvalue weighted by molar-refractivity contribution is 7.21. The standard InChI is InChI=1S/C23H21N3O2S/c24-20-19-18(17-12-7-13-28-17)15-10-5-2-6-11-16(15)26-23(19)29-21(20)22(27)25-14-8-3-1-4-9-14/h1,3-4,7-9,12-13H,2,5-6,10-11,24H2,(H,25,27). The monoisotopic (exact) mass is 403 g/mol. The number of furan rings is 1. The summed E-state index contributed by atoms with van der Waals surface area (Å²) < 4.78 is 5.78. The van der Waals surface area contributed by atoms with Gasteiger partial charge in [-0.05, 0) is 55.5 Å². The molecule has 1 aliphatic rings. The molecular formula is C23H21N3O2S. The molecule has 0 unspecified atom stereocenters. The first kappa shape index (κ1) is 17.9. The van der Waals surface area contributed by atoms with E-state index in [1.54, 1.807) is 6.26 Å². The Morgan fingerprint density at radius 2 is 1.90 bits per heavy atom. The third kappa shape index (κ3) is 3.19. The summed E-state index contributed by atoms with van der Waals surface area (Å²) in [7, 11) is 0. The predicted molar refractivity (Wildman–Crippen MR) is 117 cm³/mol. The molecule has 5 nitrogen and oxygen atoms in total. The van der Waals surface area contributed by atoms with Crippen molar-refractivity contribution < 1.29 is 9.21 Å². The fourth-order valence-corrected chi connectivity index (χ4v) is 5.07. The van der Waals surface area contributed by atoms with Gasteiger partial charge in [0.05, 0.1) is 12.0 Å². The van der Waals surface area contributed by atoms with Crippen molar-refractivity contribution in [3.63, 3.8) is 0 Å². The van der Waals surface area contributed by atoms with E-state index >= 15 is 0 Å². The second kappa shape index (κ2) is 7.37. The molecule has 0 radical (unpaired) electrons. The number of thiophene rings is 1. The summed E-state index contributed by atoms with van der Waals surface area (Å²) >= 11 is 1.35. The molecule has 3 N–H and O–H groups in total. The smallest absolute Gasteiger partial charge is 0.267 e. The third-order valence-electron chi connectivity index (χ3n) is 5.41. The minimum Gasteiger partial charge on any atom is -0.464 e. The number of aromatic nitrogens is 1. The van der Waals surface area contributed by atoms with Crippen molar-refractivity contribution in [1.82, 2.24) is 4.98 Å². The van der Waals surface area contributed by atoms with Crippen molar-refractivity contribution >= 4 is 38.8 Å². The first-order valence-corrected chi connectivity index (χ1v) is 10.7. The van der Waals surface area contributed by atoms with Crippen molar-refractivity contribution in [1.29, 1.82) is 0 Å². The van der Waals surface area contributed by atoms with Crippen LogP contribution in [0.2, 0.25) is 0 Å². The first-order chi connectivity index (χ1) is 14.2. The summed E-state index contributed by atoms with van der Waals surface area (Å²) in [5.74, 6) is 0.576. The number of fused-ring (bicyclic) bond motifs is 2. The Balaban J connectivity index is 1.68. The van der Waals surface area contributed by atoms with E-state index in [0.29, 0.717) is 10.6 Å². The molecule has 0 bridgehead atoms. The number of para-hydroxylation sites is 1. The van der Waals surface area contributed by atoms with Crippen LogP contribution in [0.5, 0.6) is 0 Å². The summed E-state index contributed by atoms with van der Waals surface area (Å²) in [6, 6.07) is 13.2. The number of hydrogen-bond donors (Lipinski definition) is 2. The fraction of sp³-hybridized carbons (Fsp3) is 0.217. The quantitative estimate of drug-likeness (QED) is 0.433. The van der Waals surface area contributed by atoms with Gasteiger partial charge >= 0.3 is 0 Å². The van der Waals surface area contributed by atoms with E-state index < -0.39 is 0 Å². The molecule has 3 aromatic heterocycles. The number of carbonyl (C=O) groups excluding carboxylic acids is 1. The van der Waals surface area contributed by atoms with Gasteiger partial charge in [0.2, 0.25) is 0 Å². The zero-order valence-corrected chi connectivity index (χ0v) is 16.7. The Bertz CT molecular complexity index is 1180. The zero-order valence-electron chi connectivity index (χ0n) is 15.9. The summed E-state index contributed by atoms with van der Waals surface area (Å²) in [6.45, 7) is 0. The van der Waals surface area contributed by atoms with Gasteiger partial charge in [0, 0.05) is 22.3 Å². The van der Waals surface area contributed by atoms with E-state index in [0.717, 1.165) is 58.6 Å². The number of nitrogens with zero attached hydrogens (tertiary/aromatic N) is 1. The van der Waals surface area contributed by atoms with Crippen molar-refractivity contribution in [3.05, 3.63) is 64.9 Å². The fourth-order valence-electron chi connectivity index (χ4n) is 4.05. The normalized spacial score (nSPS) is 13.8. The zero-order chi connectivity index (χ0) is 19.8. The lowest BCUT2D eigenvalue weighted by atomic mass is 9.96. The molecular weight excluding hydrogens is 382 g/mol.